The van der Waals surface area contributed by atoms with E-state index in [-0.39, 0.29) is 37.1 Å². The van der Waals surface area contributed by atoms with Gasteiger partial charge in [-0.25, -0.2) is 0 Å². The van der Waals surface area contributed by atoms with Gasteiger partial charge in [0.1, 0.15) is 0 Å². The molecule has 0 saturated heterocycles. The molecule has 0 bridgehead atoms. The molecule has 0 aromatic heterocycles. The fourth-order valence-electron chi connectivity index (χ4n) is 1.03. The van der Waals surface area contributed by atoms with E-state index in [1.165, 1.54) is 0 Å². The number of nitrogens with one attached hydrogen (secondary N) is 1. The van der Waals surface area contributed by atoms with Crippen molar-refractivity contribution in [3.8, 4) is 0 Å². The average molecular weight is 282 g/mol. The van der Waals surface area contributed by atoms with Crippen molar-refractivity contribution in [3.05, 3.63) is 33.8 Å². The Hall–Kier alpha value is -0.420. The quantitative estimate of drug-likeness (QED) is 0.893. The molecule has 1 atom stereocenters. The van der Waals surface area contributed by atoms with Crippen LogP contribution in [0.5, 0.6) is 0 Å². The van der Waals surface area contributed by atoms with E-state index in [1.54, 1.807) is 25.1 Å². The lowest BCUT2D eigenvalue weighted by molar-refractivity contribution is 0.0922. The van der Waals surface area contributed by atoms with Crippen molar-refractivity contribution >= 4 is 42.6 Å². The molecule has 16 heavy (non-hydrogen) atoms. The molecule has 0 unspecified atom stereocenters. The van der Waals surface area contributed by atoms with Crippen molar-refractivity contribution in [1.82, 2.24) is 5.32 Å². The van der Waals surface area contributed by atoms with Crippen LogP contribution in [0.3, 0.4) is 0 Å². The Morgan fingerprint density at radius 3 is 2.69 bits per heavy atom. The molecule has 0 aliphatic rings. The van der Waals surface area contributed by atoms with Crippen LogP contribution < -0.4 is 5.32 Å². The molecule has 1 rings (SSSR count). The Bertz CT molecular complexity index is 374. The standard InChI is InChI=1S/C10H11Cl2NO2.H2S/c1-6(5-14)13-10(15)7-3-2-4-8(11)9(7)12;/h2-4,6,14H,5H2,1H3,(H,13,15);1H2/t6-;/m0./s1. The van der Waals surface area contributed by atoms with Crippen LogP contribution >= 0.6 is 36.7 Å². The minimum Gasteiger partial charge on any atom is -0.394 e. The van der Waals surface area contributed by atoms with Gasteiger partial charge < -0.3 is 10.4 Å². The second-order valence-corrected chi connectivity index (χ2v) is 3.94. The van der Waals surface area contributed by atoms with Crippen molar-refractivity contribution < 1.29 is 9.90 Å². The fraction of sp³-hybridized carbons (Fsp3) is 0.300. The number of halogens is 2. The molecule has 6 heteroatoms. The predicted molar refractivity (Wildman–Crippen MR) is 70.9 cm³/mol. The van der Waals surface area contributed by atoms with Crippen molar-refractivity contribution in [3.63, 3.8) is 0 Å². The third-order valence-corrected chi connectivity index (χ3v) is 2.67. The third kappa shape index (κ3) is 3.87. The number of carbonyl (C=O) groups excluding carboxylic acids is 1. The van der Waals surface area contributed by atoms with E-state index in [0.717, 1.165) is 0 Å². The first-order chi connectivity index (χ1) is 7.06. The topological polar surface area (TPSA) is 49.3 Å². The molecule has 2 N–H and O–H groups in total. The normalized spacial score (nSPS) is 11.5. The summed E-state index contributed by atoms with van der Waals surface area (Å²) in [5.41, 5.74) is 0.310. The second-order valence-electron chi connectivity index (χ2n) is 3.16. The van der Waals surface area contributed by atoms with E-state index in [2.05, 4.69) is 5.32 Å². The van der Waals surface area contributed by atoms with E-state index in [1.807, 2.05) is 0 Å². The number of aliphatic hydroxyl groups is 1. The van der Waals surface area contributed by atoms with Gasteiger partial charge in [0.25, 0.3) is 5.91 Å². The number of hydrogen-bond acceptors (Lipinski definition) is 2. The van der Waals surface area contributed by atoms with Gasteiger partial charge in [-0.05, 0) is 19.1 Å². The molecule has 0 aliphatic heterocycles. The van der Waals surface area contributed by atoms with Crippen molar-refractivity contribution in [2.24, 2.45) is 0 Å². The monoisotopic (exact) mass is 281 g/mol. The van der Waals surface area contributed by atoms with E-state index in [9.17, 15) is 4.79 Å². The zero-order valence-corrected chi connectivity index (χ0v) is 11.1. The molecule has 0 heterocycles. The number of hydrogen-bond donors (Lipinski definition) is 2. The van der Waals surface area contributed by atoms with Crippen LogP contribution in [0, 0.1) is 0 Å². The highest BCUT2D eigenvalue weighted by Crippen LogP contribution is 2.25. The molecule has 0 radical (unpaired) electrons. The lowest BCUT2D eigenvalue weighted by atomic mass is 10.2. The highest BCUT2D eigenvalue weighted by molar-refractivity contribution is 7.59. The molecular formula is C10H13Cl2NO2S. The first-order valence-electron chi connectivity index (χ1n) is 4.42. The zero-order valence-electron chi connectivity index (χ0n) is 8.63. The van der Waals surface area contributed by atoms with E-state index in [0.29, 0.717) is 10.6 Å². The van der Waals surface area contributed by atoms with Gasteiger partial charge in [0.05, 0.1) is 22.2 Å². The largest absolute Gasteiger partial charge is 0.394 e. The van der Waals surface area contributed by atoms with Gasteiger partial charge in [-0.3, -0.25) is 4.79 Å². The molecule has 3 nitrogen and oxygen atoms in total. The highest BCUT2D eigenvalue weighted by Gasteiger charge is 2.13. The summed E-state index contributed by atoms with van der Waals surface area (Å²) in [6, 6.07) is 4.52. The van der Waals surface area contributed by atoms with Gasteiger partial charge in [-0.15, -0.1) is 0 Å². The maximum Gasteiger partial charge on any atom is 0.253 e. The number of amides is 1. The minimum absolute atomic E-state index is 0. The maximum atomic E-state index is 11.6. The van der Waals surface area contributed by atoms with Crippen LogP contribution in [-0.2, 0) is 0 Å². The SMILES string of the molecule is C[C@@H](CO)NC(=O)c1cccc(Cl)c1Cl.S. The van der Waals surface area contributed by atoms with Gasteiger partial charge >= 0.3 is 0 Å². The van der Waals surface area contributed by atoms with Crippen LogP contribution in [0.1, 0.15) is 17.3 Å². The number of aliphatic hydroxyl groups excluding tert-OH is 1. The van der Waals surface area contributed by atoms with Gasteiger partial charge in [0, 0.05) is 6.04 Å². The van der Waals surface area contributed by atoms with E-state index >= 15 is 0 Å². The molecular weight excluding hydrogens is 269 g/mol. The van der Waals surface area contributed by atoms with E-state index < -0.39 is 0 Å². The first kappa shape index (κ1) is 15.6. The Morgan fingerprint density at radius 1 is 1.50 bits per heavy atom. The Balaban J connectivity index is 0.00000225. The molecule has 0 saturated carbocycles. The molecule has 1 amide bonds. The average Bonchev–Trinajstić information content (AvgIpc) is 2.21. The summed E-state index contributed by atoms with van der Waals surface area (Å²) in [5.74, 6) is -0.343. The van der Waals surface area contributed by atoms with Gasteiger partial charge in [-0.2, -0.15) is 13.5 Å². The van der Waals surface area contributed by atoms with Crippen molar-refractivity contribution in [1.29, 1.82) is 0 Å². The number of rotatable bonds is 3. The van der Waals surface area contributed by atoms with E-state index in [4.69, 9.17) is 28.3 Å². The molecule has 0 spiro atoms. The van der Waals surface area contributed by atoms with Gasteiger partial charge in [0.2, 0.25) is 0 Å². The molecule has 1 aromatic rings. The summed E-state index contributed by atoms with van der Waals surface area (Å²) >= 11 is 11.6. The smallest absolute Gasteiger partial charge is 0.253 e. The Labute approximate surface area is 111 Å². The van der Waals surface area contributed by atoms with Crippen LogP contribution in [0.25, 0.3) is 0 Å². The summed E-state index contributed by atoms with van der Waals surface area (Å²) in [6.07, 6.45) is 0. The summed E-state index contributed by atoms with van der Waals surface area (Å²) in [6.45, 7) is 1.57. The molecule has 90 valence electrons. The molecule has 0 fully saturated rings. The van der Waals surface area contributed by atoms with Crippen LogP contribution in [0.15, 0.2) is 18.2 Å². The highest BCUT2D eigenvalue weighted by atomic mass is 35.5. The maximum absolute atomic E-state index is 11.6. The lowest BCUT2D eigenvalue weighted by Crippen LogP contribution is -2.35. The van der Waals surface area contributed by atoms with Crippen LogP contribution in [0.4, 0.5) is 0 Å². The molecule has 1 aromatic carbocycles. The number of carbonyl (C=O) groups is 1. The zero-order chi connectivity index (χ0) is 11.4. The second kappa shape index (κ2) is 7.01. The Kier molecular flexibility index (Phi) is 6.83. The summed E-state index contributed by atoms with van der Waals surface area (Å²) in [7, 11) is 0. The first-order valence-corrected chi connectivity index (χ1v) is 5.17. The molecule has 0 aliphatic carbocycles. The predicted octanol–water partition coefficient (Wildman–Crippen LogP) is 2.22. The van der Waals surface area contributed by atoms with Crippen molar-refractivity contribution in [2.75, 3.05) is 6.61 Å². The third-order valence-electron chi connectivity index (χ3n) is 1.85. The lowest BCUT2D eigenvalue weighted by Gasteiger charge is -2.11. The summed E-state index contributed by atoms with van der Waals surface area (Å²) in [4.78, 5) is 11.6. The van der Waals surface area contributed by atoms with Crippen LogP contribution in [-0.4, -0.2) is 23.7 Å². The van der Waals surface area contributed by atoms with Gasteiger partial charge in [0.15, 0.2) is 0 Å². The van der Waals surface area contributed by atoms with Gasteiger partial charge in [-0.1, -0.05) is 29.3 Å². The fourth-order valence-corrected chi connectivity index (χ4v) is 1.41. The summed E-state index contributed by atoms with van der Waals surface area (Å²) < 4.78 is 0. The minimum atomic E-state index is -0.343. The number of benzene rings is 1. The van der Waals surface area contributed by atoms with Crippen molar-refractivity contribution in [2.45, 2.75) is 13.0 Å². The summed E-state index contributed by atoms with van der Waals surface area (Å²) in [5, 5.41) is 11.9. The Morgan fingerprint density at radius 2 is 2.12 bits per heavy atom. The van der Waals surface area contributed by atoms with Crippen LogP contribution in [0.2, 0.25) is 10.0 Å².